The van der Waals surface area contributed by atoms with Crippen molar-refractivity contribution in [2.24, 2.45) is 5.41 Å². The topological polar surface area (TPSA) is 58.2 Å². The highest BCUT2D eigenvalue weighted by molar-refractivity contribution is 5.90. The largest absolute Gasteiger partial charge is 0.327 e. The Kier molecular flexibility index (Phi) is 3.68. The van der Waals surface area contributed by atoms with Crippen LogP contribution in [0.15, 0.2) is 54.3 Å². The van der Waals surface area contributed by atoms with Crippen molar-refractivity contribution >= 4 is 17.5 Å². The molecule has 0 radical (unpaired) electrons. The third-order valence-electron chi connectivity index (χ3n) is 4.46. The number of carbonyl (C=O) groups excluding carboxylic acids is 2. The maximum atomic E-state index is 11.8. The Morgan fingerprint density at radius 1 is 1.04 bits per heavy atom. The van der Waals surface area contributed by atoms with Gasteiger partial charge in [0.2, 0.25) is 11.8 Å². The first-order valence-electron chi connectivity index (χ1n) is 7.68. The van der Waals surface area contributed by atoms with Crippen LogP contribution < -0.4 is 10.6 Å². The van der Waals surface area contributed by atoms with E-state index in [0.29, 0.717) is 5.70 Å². The number of carbonyl (C=O) groups is 2. The van der Waals surface area contributed by atoms with Crippen LogP contribution in [0.5, 0.6) is 0 Å². The molecule has 0 heterocycles. The molecule has 0 saturated heterocycles. The Hall–Kier alpha value is -2.62. The van der Waals surface area contributed by atoms with Crippen molar-refractivity contribution in [3.63, 3.8) is 0 Å². The average Bonchev–Trinajstić information content (AvgIpc) is 2.50. The van der Waals surface area contributed by atoms with Gasteiger partial charge in [-0.25, -0.2) is 0 Å². The summed E-state index contributed by atoms with van der Waals surface area (Å²) in [4.78, 5) is 23.5. The van der Waals surface area contributed by atoms with Gasteiger partial charge in [0.15, 0.2) is 0 Å². The zero-order valence-electron chi connectivity index (χ0n) is 13.5. The van der Waals surface area contributed by atoms with Crippen molar-refractivity contribution in [3.8, 4) is 0 Å². The third-order valence-corrected chi connectivity index (χ3v) is 4.46. The Bertz CT molecular complexity index is 773. The van der Waals surface area contributed by atoms with Gasteiger partial charge in [-0.3, -0.25) is 9.59 Å². The Labute approximate surface area is 136 Å². The molecule has 2 N–H and O–H groups in total. The number of allylic oxidation sites excluding steroid dienone is 4. The van der Waals surface area contributed by atoms with Crippen LogP contribution in [0.25, 0.3) is 5.70 Å². The molecule has 0 aromatic heterocycles. The van der Waals surface area contributed by atoms with E-state index >= 15 is 0 Å². The number of hydrogen-bond acceptors (Lipinski definition) is 2. The van der Waals surface area contributed by atoms with Crippen molar-refractivity contribution in [2.75, 3.05) is 0 Å². The summed E-state index contributed by atoms with van der Waals surface area (Å²) in [6, 6.07) is 8.00. The average molecular weight is 308 g/mol. The van der Waals surface area contributed by atoms with E-state index in [1.54, 1.807) is 0 Å². The van der Waals surface area contributed by atoms with Crippen LogP contribution in [0.4, 0.5) is 0 Å². The molecule has 0 bridgehead atoms. The molecule has 2 atom stereocenters. The highest BCUT2D eigenvalue weighted by Crippen LogP contribution is 2.52. The Morgan fingerprint density at radius 2 is 1.74 bits per heavy atom. The Balaban J connectivity index is 2.30. The maximum Gasteiger partial charge on any atom is 0.221 e. The Morgan fingerprint density at radius 3 is 2.43 bits per heavy atom. The summed E-state index contributed by atoms with van der Waals surface area (Å²) in [5.41, 5.74) is 3.11. The molecule has 4 heteroatoms. The molecule has 0 fully saturated rings. The van der Waals surface area contributed by atoms with E-state index in [4.69, 9.17) is 0 Å². The number of nitrogens with one attached hydrogen (secondary N) is 2. The number of benzene rings is 1. The standard InChI is InChI=1S/C19H20N2O2/c1-12(22)20-17-15-9-5-4-8-14(15)16-10-6-7-11-19(16,3)18(17)21-13(2)23/h4-11,16H,1-3H3,(H,20,22)(H,21,23). The minimum atomic E-state index is -0.410. The fourth-order valence-electron chi connectivity index (χ4n) is 3.48. The fourth-order valence-corrected chi connectivity index (χ4v) is 3.48. The molecule has 2 unspecified atom stereocenters. The normalized spacial score (nSPS) is 24.7. The van der Waals surface area contributed by atoms with E-state index in [1.165, 1.54) is 13.8 Å². The van der Waals surface area contributed by atoms with Crippen molar-refractivity contribution < 1.29 is 9.59 Å². The minimum Gasteiger partial charge on any atom is -0.327 e. The zero-order chi connectivity index (χ0) is 16.6. The fraction of sp³-hybridized carbons (Fsp3) is 0.263. The third kappa shape index (κ3) is 2.50. The highest BCUT2D eigenvalue weighted by Gasteiger charge is 2.43. The second-order valence-electron chi connectivity index (χ2n) is 6.20. The molecule has 3 rings (SSSR count). The SMILES string of the molecule is CC(=O)NC1=C(NC(C)=O)C2(C)C=CC=CC2c2ccccc21. The molecule has 0 saturated carbocycles. The van der Waals surface area contributed by atoms with Gasteiger partial charge in [-0.2, -0.15) is 0 Å². The first-order chi connectivity index (χ1) is 10.9. The summed E-state index contributed by atoms with van der Waals surface area (Å²) in [5, 5.41) is 5.88. The molecule has 1 aromatic carbocycles. The maximum absolute atomic E-state index is 11.8. The molecule has 23 heavy (non-hydrogen) atoms. The summed E-state index contributed by atoms with van der Waals surface area (Å²) in [5.74, 6) is -0.191. The predicted molar refractivity (Wildman–Crippen MR) is 90.1 cm³/mol. The smallest absolute Gasteiger partial charge is 0.221 e. The molecular formula is C19H20N2O2. The molecule has 2 aliphatic rings. The van der Waals surface area contributed by atoms with Crippen LogP contribution in [-0.2, 0) is 9.59 Å². The number of amides is 2. The molecule has 0 aliphatic heterocycles. The van der Waals surface area contributed by atoms with E-state index in [-0.39, 0.29) is 17.7 Å². The molecule has 1 aromatic rings. The quantitative estimate of drug-likeness (QED) is 0.882. The summed E-state index contributed by atoms with van der Waals surface area (Å²) in [7, 11) is 0. The van der Waals surface area contributed by atoms with Gasteiger partial charge in [0.1, 0.15) is 0 Å². The number of rotatable bonds is 2. The van der Waals surface area contributed by atoms with E-state index in [1.807, 2.05) is 30.4 Å². The van der Waals surface area contributed by atoms with Crippen LogP contribution in [0.1, 0.15) is 37.8 Å². The lowest BCUT2D eigenvalue weighted by atomic mass is 9.64. The van der Waals surface area contributed by atoms with Gasteiger partial charge < -0.3 is 10.6 Å². The van der Waals surface area contributed by atoms with E-state index in [2.05, 4.69) is 35.8 Å². The van der Waals surface area contributed by atoms with Gasteiger partial charge >= 0.3 is 0 Å². The van der Waals surface area contributed by atoms with E-state index in [0.717, 1.165) is 16.8 Å². The van der Waals surface area contributed by atoms with Crippen LogP contribution >= 0.6 is 0 Å². The molecule has 118 valence electrons. The first-order valence-corrected chi connectivity index (χ1v) is 7.68. The lowest BCUT2D eigenvalue weighted by Gasteiger charge is -2.43. The van der Waals surface area contributed by atoms with Crippen LogP contribution in [0.2, 0.25) is 0 Å². The predicted octanol–water partition coefficient (Wildman–Crippen LogP) is 2.86. The van der Waals surface area contributed by atoms with E-state index in [9.17, 15) is 9.59 Å². The molecule has 0 spiro atoms. The van der Waals surface area contributed by atoms with Gasteiger partial charge in [0.05, 0.1) is 11.4 Å². The van der Waals surface area contributed by atoms with Crippen molar-refractivity contribution in [2.45, 2.75) is 26.7 Å². The van der Waals surface area contributed by atoms with Gasteiger partial charge in [0.25, 0.3) is 0 Å². The van der Waals surface area contributed by atoms with Gasteiger partial charge in [-0.15, -0.1) is 0 Å². The number of fused-ring (bicyclic) bond motifs is 3. The molecule has 2 aliphatic carbocycles. The molecule has 2 amide bonds. The summed E-state index contributed by atoms with van der Waals surface area (Å²) < 4.78 is 0. The lowest BCUT2D eigenvalue weighted by molar-refractivity contribution is -0.119. The van der Waals surface area contributed by atoms with Gasteiger partial charge in [-0.05, 0) is 12.5 Å². The van der Waals surface area contributed by atoms with Crippen LogP contribution in [0.3, 0.4) is 0 Å². The second-order valence-corrected chi connectivity index (χ2v) is 6.20. The van der Waals surface area contributed by atoms with Crippen molar-refractivity contribution in [1.82, 2.24) is 10.6 Å². The van der Waals surface area contributed by atoms with Crippen molar-refractivity contribution in [1.29, 1.82) is 0 Å². The van der Waals surface area contributed by atoms with E-state index < -0.39 is 5.41 Å². The van der Waals surface area contributed by atoms with Gasteiger partial charge in [0, 0.05) is 30.7 Å². The molecular weight excluding hydrogens is 288 g/mol. The minimum absolute atomic E-state index is 0.114. The van der Waals surface area contributed by atoms with Crippen LogP contribution in [-0.4, -0.2) is 11.8 Å². The number of hydrogen-bond donors (Lipinski definition) is 2. The summed E-state index contributed by atoms with van der Waals surface area (Å²) >= 11 is 0. The van der Waals surface area contributed by atoms with Gasteiger partial charge in [-0.1, -0.05) is 48.6 Å². The summed E-state index contributed by atoms with van der Waals surface area (Å²) in [6.45, 7) is 5.05. The summed E-state index contributed by atoms with van der Waals surface area (Å²) in [6.07, 6.45) is 8.24. The lowest BCUT2D eigenvalue weighted by Crippen LogP contribution is -2.42. The molecule has 4 nitrogen and oxygen atoms in total. The monoisotopic (exact) mass is 308 g/mol. The van der Waals surface area contributed by atoms with Crippen LogP contribution in [0, 0.1) is 5.41 Å². The zero-order valence-corrected chi connectivity index (χ0v) is 13.5. The van der Waals surface area contributed by atoms with Crippen molar-refractivity contribution in [3.05, 3.63) is 65.4 Å². The highest BCUT2D eigenvalue weighted by atomic mass is 16.2. The first kappa shape index (κ1) is 15.3. The second kappa shape index (κ2) is 5.54.